The van der Waals surface area contributed by atoms with E-state index in [-0.39, 0.29) is 22.4 Å². The second kappa shape index (κ2) is 4.44. The van der Waals surface area contributed by atoms with Crippen molar-refractivity contribution >= 4 is 11.0 Å². The first kappa shape index (κ1) is 13.3. The molecule has 0 amide bonds. The summed E-state index contributed by atoms with van der Waals surface area (Å²) < 4.78 is 40.9. The van der Waals surface area contributed by atoms with Crippen LogP contribution in [0.1, 0.15) is 11.3 Å². The van der Waals surface area contributed by atoms with E-state index in [1.807, 2.05) is 0 Å². The van der Waals surface area contributed by atoms with E-state index in [0.29, 0.717) is 0 Å². The van der Waals surface area contributed by atoms with Crippen LogP contribution < -0.4 is 5.56 Å². The molecule has 0 fully saturated rings. The summed E-state index contributed by atoms with van der Waals surface area (Å²) in [7, 11) is 0. The van der Waals surface area contributed by atoms with Gasteiger partial charge in [0, 0.05) is 12.4 Å². The standard InChI is InChI=1S/C13H9F3N4O/c1-7-12(21)19-9-4-8(13(14,15)16)11(5-10(9)18-7)20-3-2-17-6-20/h2-6H,1H3,(H,19,21). The minimum atomic E-state index is -4.56. The summed E-state index contributed by atoms with van der Waals surface area (Å²) in [6.45, 7) is 1.49. The van der Waals surface area contributed by atoms with Crippen molar-refractivity contribution in [3.63, 3.8) is 0 Å². The zero-order chi connectivity index (χ0) is 15.2. The van der Waals surface area contributed by atoms with Gasteiger partial charge in [-0.05, 0) is 19.1 Å². The highest BCUT2D eigenvalue weighted by Gasteiger charge is 2.34. The predicted octanol–water partition coefficient (Wildman–Crippen LogP) is 2.44. The summed E-state index contributed by atoms with van der Waals surface area (Å²) in [5.41, 5.74) is -0.948. The van der Waals surface area contributed by atoms with Crippen LogP contribution in [0.4, 0.5) is 13.2 Å². The van der Waals surface area contributed by atoms with Crippen molar-refractivity contribution in [2.45, 2.75) is 13.1 Å². The van der Waals surface area contributed by atoms with E-state index in [0.717, 1.165) is 6.07 Å². The molecular formula is C13H9F3N4O. The van der Waals surface area contributed by atoms with E-state index >= 15 is 0 Å². The van der Waals surface area contributed by atoms with Crippen LogP contribution in [0, 0.1) is 6.92 Å². The molecule has 0 spiro atoms. The minimum Gasteiger partial charge on any atom is -0.319 e. The Morgan fingerprint density at radius 3 is 2.67 bits per heavy atom. The summed E-state index contributed by atoms with van der Waals surface area (Å²) in [5, 5.41) is 0. The third-order valence-corrected chi connectivity index (χ3v) is 3.07. The fraction of sp³-hybridized carbons (Fsp3) is 0.154. The molecule has 0 aliphatic rings. The molecule has 1 N–H and O–H groups in total. The molecular weight excluding hydrogens is 285 g/mol. The molecule has 0 unspecified atom stereocenters. The molecule has 0 aliphatic heterocycles. The van der Waals surface area contributed by atoms with Crippen molar-refractivity contribution in [2.75, 3.05) is 0 Å². The lowest BCUT2D eigenvalue weighted by Gasteiger charge is -2.14. The van der Waals surface area contributed by atoms with Gasteiger partial charge in [0.25, 0.3) is 5.56 Å². The molecule has 0 radical (unpaired) electrons. The number of H-pyrrole nitrogens is 1. The van der Waals surface area contributed by atoms with E-state index in [2.05, 4.69) is 15.0 Å². The smallest absolute Gasteiger partial charge is 0.319 e. The summed E-state index contributed by atoms with van der Waals surface area (Å²) in [6.07, 6.45) is -0.491. The number of nitrogens with zero attached hydrogens (tertiary/aromatic N) is 3. The Balaban J connectivity index is 2.39. The van der Waals surface area contributed by atoms with Crippen LogP contribution in [0.3, 0.4) is 0 Å². The lowest BCUT2D eigenvalue weighted by Crippen LogP contribution is -2.15. The quantitative estimate of drug-likeness (QED) is 0.749. The van der Waals surface area contributed by atoms with Crippen LogP contribution in [-0.4, -0.2) is 19.5 Å². The molecule has 0 saturated carbocycles. The number of aryl methyl sites for hydroxylation is 1. The van der Waals surface area contributed by atoms with Crippen molar-refractivity contribution in [1.29, 1.82) is 0 Å². The number of imidazole rings is 1. The molecule has 8 heteroatoms. The van der Waals surface area contributed by atoms with Crippen molar-refractivity contribution in [3.05, 3.63) is 52.5 Å². The third-order valence-electron chi connectivity index (χ3n) is 3.07. The summed E-state index contributed by atoms with van der Waals surface area (Å²) in [6, 6.07) is 2.17. The Hall–Kier alpha value is -2.64. The highest BCUT2D eigenvalue weighted by Crippen LogP contribution is 2.35. The highest BCUT2D eigenvalue weighted by atomic mass is 19.4. The van der Waals surface area contributed by atoms with Gasteiger partial charge < -0.3 is 9.55 Å². The zero-order valence-corrected chi connectivity index (χ0v) is 10.8. The highest BCUT2D eigenvalue weighted by molar-refractivity contribution is 5.78. The first-order chi connectivity index (χ1) is 9.86. The number of rotatable bonds is 1. The third kappa shape index (κ3) is 2.28. The van der Waals surface area contributed by atoms with Crippen LogP contribution in [-0.2, 0) is 6.18 Å². The monoisotopic (exact) mass is 294 g/mol. The van der Waals surface area contributed by atoms with E-state index in [1.165, 1.54) is 36.3 Å². The molecule has 3 rings (SSSR count). The molecule has 0 atom stereocenters. The molecule has 5 nitrogen and oxygen atoms in total. The van der Waals surface area contributed by atoms with Crippen LogP contribution in [0.15, 0.2) is 35.6 Å². The van der Waals surface area contributed by atoms with Gasteiger partial charge in [0.1, 0.15) is 5.69 Å². The number of aromatic amines is 1. The summed E-state index contributed by atoms with van der Waals surface area (Å²) >= 11 is 0. The molecule has 1 aromatic carbocycles. The zero-order valence-electron chi connectivity index (χ0n) is 10.8. The van der Waals surface area contributed by atoms with Crippen LogP contribution in [0.2, 0.25) is 0 Å². The maximum absolute atomic E-state index is 13.2. The normalized spacial score (nSPS) is 12.0. The van der Waals surface area contributed by atoms with E-state index in [1.54, 1.807) is 0 Å². The number of halogens is 3. The van der Waals surface area contributed by atoms with Gasteiger partial charge in [0.15, 0.2) is 0 Å². The Labute approximate surface area is 116 Å². The second-order valence-corrected chi connectivity index (χ2v) is 4.51. The average Bonchev–Trinajstić information content (AvgIpc) is 2.91. The van der Waals surface area contributed by atoms with E-state index in [9.17, 15) is 18.0 Å². The largest absolute Gasteiger partial charge is 0.418 e. The fourth-order valence-corrected chi connectivity index (χ4v) is 2.06. The number of fused-ring (bicyclic) bond motifs is 1. The summed E-state index contributed by atoms with van der Waals surface area (Å²) in [4.78, 5) is 21.7. The first-order valence-electron chi connectivity index (χ1n) is 5.96. The lowest BCUT2D eigenvalue weighted by molar-refractivity contribution is -0.137. The number of nitrogens with one attached hydrogen (secondary N) is 1. The van der Waals surface area contributed by atoms with Gasteiger partial charge in [-0.15, -0.1) is 0 Å². The van der Waals surface area contributed by atoms with Gasteiger partial charge in [-0.2, -0.15) is 13.2 Å². The van der Waals surface area contributed by atoms with Crippen molar-refractivity contribution in [3.8, 4) is 5.69 Å². The van der Waals surface area contributed by atoms with Crippen LogP contribution >= 0.6 is 0 Å². The Bertz CT molecular complexity index is 865. The van der Waals surface area contributed by atoms with Gasteiger partial charge in [-0.1, -0.05) is 0 Å². The SMILES string of the molecule is Cc1nc2cc(-n3ccnc3)c(C(F)(F)F)cc2[nH]c1=O. The number of alkyl halides is 3. The topological polar surface area (TPSA) is 63.6 Å². The molecule has 3 aromatic rings. The first-order valence-corrected chi connectivity index (χ1v) is 5.96. The van der Waals surface area contributed by atoms with Crippen LogP contribution in [0.25, 0.3) is 16.7 Å². The van der Waals surface area contributed by atoms with Crippen LogP contribution in [0.5, 0.6) is 0 Å². The number of aromatic nitrogens is 4. The molecule has 2 aromatic heterocycles. The Kier molecular flexibility index (Phi) is 2.82. The Morgan fingerprint density at radius 1 is 1.29 bits per heavy atom. The number of benzene rings is 1. The molecule has 108 valence electrons. The van der Waals surface area contributed by atoms with Gasteiger partial charge in [0.2, 0.25) is 0 Å². The lowest BCUT2D eigenvalue weighted by atomic mass is 10.1. The molecule has 2 heterocycles. The average molecular weight is 294 g/mol. The van der Waals surface area contributed by atoms with Crippen molar-refractivity contribution in [1.82, 2.24) is 19.5 Å². The number of hydrogen-bond acceptors (Lipinski definition) is 3. The summed E-state index contributed by atoms with van der Waals surface area (Å²) in [5.74, 6) is 0. The minimum absolute atomic E-state index is 0.0433. The van der Waals surface area contributed by atoms with E-state index in [4.69, 9.17) is 0 Å². The van der Waals surface area contributed by atoms with Crippen molar-refractivity contribution < 1.29 is 13.2 Å². The maximum Gasteiger partial charge on any atom is 0.418 e. The molecule has 0 bridgehead atoms. The van der Waals surface area contributed by atoms with Gasteiger partial charge in [-0.3, -0.25) is 4.79 Å². The molecule has 0 saturated heterocycles. The van der Waals surface area contributed by atoms with Gasteiger partial charge in [-0.25, -0.2) is 9.97 Å². The van der Waals surface area contributed by atoms with Gasteiger partial charge >= 0.3 is 6.18 Å². The predicted molar refractivity (Wildman–Crippen MR) is 69.2 cm³/mol. The molecule has 0 aliphatic carbocycles. The van der Waals surface area contributed by atoms with Crippen molar-refractivity contribution in [2.24, 2.45) is 0 Å². The van der Waals surface area contributed by atoms with Gasteiger partial charge in [0.05, 0.1) is 28.6 Å². The fourth-order valence-electron chi connectivity index (χ4n) is 2.06. The second-order valence-electron chi connectivity index (χ2n) is 4.51. The maximum atomic E-state index is 13.2. The molecule has 21 heavy (non-hydrogen) atoms. The Morgan fingerprint density at radius 2 is 2.05 bits per heavy atom. The number of hydrogen-bond donors (Lipinski definition) is 1. The van der Waals surface area contributed by atoms with E-state index < -0.39 is 17.3 Å².